The van der Waals surface area contributed by atoms with Crippen molar-refractivity contribution in [3.05, 3.63) is 75.8 Å². The van der Waals surface area contributed by atoms with Gasteiger partial charge >= 0.3 is 36.5 Å². The second-order valence-corrected chi connectivity index (χ2v) is 7.60. The molecule has 0 aromatic heterocycles. The van der Waals surface area contributed by atoms with Crippen molar-refractivity contribution in [2.45, 2.75) is 36.5 Å². The molecular formula is C21H11F13N2O5. The predicted molar refractivity (Wildman–Crippen MR) is 109 cm³/mol. The third kappa shape index (κ3) is 7.63. The van der Waals surface area contributed by atoms with Crippen molar-refractivity contribution in [2.24, 2.45) is 0 Å². The van der Waals surface area contributed by atoms with Gasteiger partial charge in [0.15, 0.2) is 0 Å². The zero-order valence-corrected chi connectivity index (χ0v) is 19.2. The summed E-state index contributed by atoms with van der Waals surface area (Å²) in [7, 11) is 0. The SMILES string of the molecule is O=C(C=Cc1cccc([N+](=O)[O-])c1)Nc1cccc(C(F)(F)C(F)(F)OC(F)(F)C(F)(F)C(F)(F)OC(F)(F)F)c1. The zero-order chi connectivity index (χ0) is 31.7. The van der Waals surface area contributed by atoms with Crippen LogP contribution in [-0.4, -0.2) is 41.4 Å². The highest BCUT2D eigenvalue weighted by atomic mass is 19.4. The highest BCUT2D eigenvalue weighted by Gasteiger charge is 2.80. The van der Waals surface area contributed by atoms with Gasteiger partial charge in [-0.2, -0.15) is 43.9 Å². The highest BCUT2D eigenvalue weighted by Crippen LogP contribution is 2.54. The van der Waals surface area contributed by atoms with Crippen LogP contribution in [0.15, 0.2) is 54.6 Å². The van der Waals surface area contributed by atoms with Gasteiger partial charge in [-0.3, -0.25) is 14.9 Å². The van der Waals surface area contributed by atoms with Crippen molar-refractivity contribution in [1.82, 2.24) is 0 Å². The molecule has 0 atom stereocenters. The Labute approximate surface area is 218 Å². The minimum atomic E-state index is -7.56. The molecule has 226 valence electrons. The summed E-state index contributed by atoms with van der Waals surface area (Å²) >= 11 is 0. The molecule has 2 rings (SSSR count). The maximum absolute atomic E-state index is 14.4. The number of ether oxygens (including phenoxy) is 2. The molecule has 41 heavy (non-hydrogen) atoms. The molecule has 0 bridgehead atoms. The Hall–Kier alpha value is -3.94. The molecule has 0 aliphatic carbocycles. The van der Waals surface area contributed by atoms with E-state index in [2.05, 4.69) is 0 Å². The number of nitro benzene ring substituents is 1. The van der Waals surface area contributed by atoms with E-state index in [0.717, 1.165) is 24.3 Å². The number of alkyl halides is 13. The number of rotatable bonds is 11. The summed E-state index contributed by atoms with van der Waals surface area (Å²) in [6.45, 7) is 0. The summed E-state index contributed by atoms with van der Waals surface area (Å²) in [6, 6.07) is 6.10. The van der Waals surface area contributed by atoms with Crippen molar-refractivity contribution in [1.29, 1.82) is 0 Å². The van der Waals surface area contributed by atoms with Crippen LogP contribution in [0.2, 0.25) is 0 Å². The van der Waals surface area contributed by atoms with Crippen LogP contribution >= 0.6 is 0 Å². The molecule has 20 heteroatoms. The lowest BCUT2D eigenvalue weighted by atomic mass is 10.1. The van der Waals surface area contributed by atoms with Crippen LogP contribution in [0.1, 0.15) is 11.1 Å². The Balaban J connectivity index is 2.27. The third-order valence-electron chi connectivity index (χ3n) is 4.60. The smallest absolute Gasteiger partial charge is 0.322 e. The van der Waals surface area contributed by atoms with Gasteiger partial charge in [-0.25, -0.2) is 9.47 Å². The maximum atomic E-state index is 14.4. The first-order valence-corrected chi connectivity index (χ1v) is 10.1. The average Bonchev–Trinajstić information content (AvgIpc) is 2.80. The van der Waals surface area contributed by atoms with E-state index in [4.69, 9.17) is 0 Å². The monoisotopic (exact) mass is 618 g/mol. The Morgan fingerprint density at radius 2 is 1.34 bits per heavy atom. The van der Waals surface area contributed by atoms with E-state index in [0.29, 0.717) is 12.1 Å². The van der Waals surface area contributed by atoms with Crippen molar-refractivity contribution < 1.29 is 76.3 Å². The number of non-ortho nitro benzene ring substituents is 1. The first kappa shape index (κ1) is 33.3. The van der Waals surface area contributed by atoms with E-state index in [1.807, 2.05) is 10.1 Å². The van der Waals surface area contributed by atoms with Crippen LogP contribution in [0.25, 0.3) is 6.08 Å². The molecule has 0 spiro atoms. The molecule has 0 saturated heterocycles. The number of hydrogen-bond acceptors (Lipinski definition) is 5. The Bertz CT molecular complexity index is 1310. The molecule has 2 aromatic rings. The number of carbonyl (C=O) groups is 1. The van der Waals surface area contributed by atoms with Gasteiger partial charge in [-0.05, 0) is 23.8 Å². The second kappa shape index (κ2) is 11.1. The van der Waals surface area contributed by atoms with Gasteiger partial charge in [0.2, 0.25) is 5.91 Å². The summed E-state index contributed by atoms with van der Waals surface area (Å²) in [5, 5.41) is 12.6. The Morgan fingerprint density at radius 1 is 0.780 bits per heavy atom. The standard InChI is InChI=1S/C21H11F13N2O5/c22-16(23,18(26,27)40-19(28,29)17(24,25)20(30,31)41-21(32,33)34)12-4-2-5-13(10-12)35-15(37)8-7-11-3-1-6-14(9-11)36(38)39/h1-10H,(H,35,37). The molecule has 0 heterocycles. The van der Waals surface area contributed by atoms with Crippen LogP contribution in [-0.2, 0) is 20.2 Å². The van der Waals surface area contributed by atoms with Crippen LogP contribution in [0.4, 0.5) is 68.5 Å². The third-order valence-corrected chi connectivity index (χ3v) is 4.60. The van der Waals surface area contributed by atoms with E-state index in [1.165, 1.54) is 16.9 Å². The zero-order valence-electron chi connectivity index (χ0n) is 19.2. The lowest BCUT2D eigenvalue weighted by Gasteiger charge is -2.35. The minimum absolute atomic E-state index is 0.00796. The summed E-state index contributed by atoms with van der Waals surface area (Å²) in [6.07, 6.45) is -26.4. The van der Waals surface area contributed by atoms with Gasteiger partial charge in [0.1, 0.15) is 0 Å². The number of nitrogens with zero attached hydrogens (tertiary/aromatic N) is 1. The van der Waals surface area contributed by atoms with Crippen molar-refractivity contribution in [3.8, 4) is 0 Å². The van der Waals surface area contributed by atoms with Crippen LogP contribution < -0.4 is 5.32 Å². The first-order valence-electron chi connectivity index (χ1n) is 10.1. The summed E-state index contributed by atoms with van der Waals surface area (Å²) in [5.41, 5.74) is -3.02. The number of amides is 1. The quantitative estimate of drug-likeness (QED) is 0.124. The lowest BCUT2D eigenvalue weighted by Crippen LogP contribution is -2.61. The number of anilines is 1. The van der Waals surface area contributed by atoms with E-state index in [1.54, 1.807) is 0 Å². The Morgan fingerprint density at radius 3 is 1.90 bits per heavy atom. The van der Waals surface area contributed by atoms with Crippen LogP contribution in [0.3, 0.4) is 0 Å². The number of benzene rings is 2. The van der Waals surface area contributed by atoms with Crippen molar-refractivity contribution >= 4 is 23.4 Å². The average molecular weight is 618 g/mol. The number of nitro groups is 1. The fraction of sp³-hybridized carbons (Fsp3) is 0.286. The number of carbonyl (C=O) groups excluding carboxylic acids is 1. The number of nitrogens with one attached hydrogen (secondary N) is 1. The molecule has 0 saturated carbocycles. The molecular weight excluding hydrogens is 607 g/mol. The molecule has 7 nitrogen and oxygen atoms in total. The molecule has 2 aromatic carbocycles. The van der Waals surface area contributed by atoms with Crippen molar-refractivity contribution in [3.63, 3.8) is 0 Å². The maximum Gasteiger partial charge on any atom is 0.527 e. The van der Waals surface area contributed by atoms with Gasteiger partial charge in [-0.1, -0.05) is 24.3 Å². The molecule has 0 fully saturated rings. The van der Waals surface area contributed by atoms with Gasteiger partial charge in [0, 0.05) is 29.5 Å². The molecule has 0 aliphatic rings. The van der Waals surface area contributed by atoms with Crippen molar-refractivity contribution in [2.75, 3.05) is 5.32 Å². The minimum Gasteiger partial charge on any atom is -0.322 e. The van der Waals surface area contributed by atoms with E-state index in [9.17, 15) is 72.0 Å². The molecule has 0 unspecified atom stereocenters. The van der Waals surface area contributed by atoms with Crippen LogP contribution in [0, 0.1) is 10.1 Å². The predicted octanol–water partition coefficient (Wildman–Crippen LogP) is 7.31. The van der Waals surface area contributed by atoms with Gasteiger partial charge in [0.05, 0.1) is 4.92 Å². The summed E-state index contributed by atoms with van der Waals surface area (Å²) in [5.74, 6) is -14.8. The normalized spacial score (nSPS) is 13.9. The molecule has 0 aliphatic heterocycles. The largest absolute Gasteiger partial charge is 0.527 e. The molecule has 1 amide bonds. The van der Waals surface area contributed by atoms with Gasteiger partial charge in [-0.15, -0.1) is 13.2 Å². The molecule has 0 radical (unpaired) electrons. The van der Waals surface area contributed by atoms with E-state index >= 15 is 0 Å². The molecule has 1 N–H and O–H groups in total. The fourth-order valence-electron chi connectivity index (χ4n) is 2.73. The Kier molecular flexibility index (Phi) is 9.04. The number of hydrogen-bond donors (Lipinski definition) is 1. The van der Waals surface area contributed by atoms with E-state index in [-0.39, 0.29) is 23.4 Å². The summed E-state index contributed by atoms with van der Waals surface area (Å²) < 4.78 is 176. The van der Waals surface area contributed by atoms with Gasteiger partial charge in [0.25, 0.3) is 5.69 Å². The number of halogens is 13. The topological polar surface area (TPSA) is 90.7 Å². The summed E-state index contributed by atoms with van der Waals surface area (Å²) in [4.78, 5) is 22.0. The van der Waals surface area contributed by atoms with Crippen LogP contribution in [0.5, 0.6) is 0 Å². The lowest BCUT2D eigenvalue weighted by molar-refractivity contribution is -0.535. The first-order chi connectivity index (χ1) is 18.4. The highest BCUT2D eigenvalue weighted by molar-refractivity contribution is 6.02. The van der Waals surface area contributed by atoms with Gasteiger partial charge < -0.3 is 5.32 Å². The fourth-order valence-corrected chi connectivity index (χ4v) is 2.73. The van der Waals surface area contributed by atoms with E-state index < -0.39 is 58.6 Å². The second-order valence-electron chi connectivity index (χ2n) is 7.60.